The van der Waals surface area contributed by atoms with Gasteiger partial charge in [-0.15, -0.1) is 0 Å². The van der Waals surface area contributed by atoms with Crippen LogP contribution >= 0.6 is 0 Å². The molecule has 1 atom stereocenters. The van der Waals surface area contributed by atoms with E-state index in [-0.39, 0.29) is 0 Å². The normalized spacial score (nSPS) is 29.7. The van der Waals surface area contributed by atoms with Crippen molar-refractivity contribution in [2.45, 2.75) is 20.3 Å². The highest BCUT2D eigenvalue weighted by molar-refractivity contribution is 5.19. The Morgan fingerprint density at radius 2 is 2.33 bits per heavy atom. The lowest BCUT2D eigenvalue weighted by atomic mass is 10.3. The van der Waals surface area contributed by atoms with Crippen LogP contribution in [0.4, 0.5) is 0 Å². The van der Waals surface area contributed by atoms with Gasteiger partial charge in [-0.05, 0) is 12.5 Å². The highest BCUT2D eigenvalue weighted by Gasteiger charge is 2.16. The molecule has 1 aliphatic carbocycles. The average Bonchev–Trinajstić information content (AvgIpc) is 2.19. The Hall–Kier alpha value is -0.260. The lowest BCUT2D eigenvalue weighted by Crippen LogP contribution is -1.64. The van der Waals surface area contributed by atoms with Crippen molar-refractivity contribution < 1.29 is 0 Å². The largest absolute Gasteiger partial charge is 0.0616 e. The van der Waals surface area contributed by atoms with E-state index in [1.165, 1.54) is 12.0 Å². The molecule has 0 aromatic heterocycles. The first kappa shape index (κ1) is 3.91. The van der Waals surface area contributed by atoms with E-state index in [1.807, 2.05) is 0 Å². The van der Waals surface area contributed by atoms with Crippen LogP contribution in [0, 0.1) is 12.0 Å². The SMILES string of the molecule is CCC1=[C]C1C. The predicted molar refractivity (Wildman–Crippen MR) is 26.2 cm³/mol. The number of hydrogen-bond donors (Lipinski definition) is 0. The summed E-state index contributed by atoms with van der Waals surface area (Å²) >= 11 is 0. The molecule has 0 heterocycles. The summed E-state index contributed by atoms with van der Waals surface area (Å²) in [6.45, 7) is 4.35. The maximum absolute atomic E-state index is 3.20. The van der Waals surface area contributed by atoms with Crippen LogP contribution in [0.5, 0.6) is 0 Å². The topological polar surface area (TPSA) is 0 Å². The quantitative estimate of drug-likeness (QED) is 0.451. The van der Waals surface area contributed by atoms with Crippen molar-refractivity contribution in [1.82, 2.24) is 0 Å². The molecule has 0 aliphatic heterocycles. The molecule has 0 saturated carbocycles. The second-order valence-electron chi connectivity index (χ2n) is 1.74. The molecule has 0 fully saturated rings. The summed E-state index contributed by atoms with van der Waals surface area (Å²) in [7, 11) is 0. The van der Waals surface area contributed by atoms with Crippen LogP contribution in [0.2, 0.25) is 0 Å². The van der Waals surface area contributed by atoms with Crippen LogP contribution < -0.4 is 0 Å². The summed E-state index contributed by atoms with van der Waals surface area (Å²) in [4.78, 5) is 0. The van der Waals surface area contributed by atoms with E-state index in [2.05, 4.69) is 19.9 Å². The van der Waals surface area contributed by atoms with E-state index in [1.54, 1.807) is 0 Å². The maximum Gasteiger partial charge on any atom is 0.00285 e. The molecule has 0 spiro atoms. The summed E-state index contributed by atoms with van der Waals surface area (Å²) in [6, 6.07) is 0. The van der Waals surface area contributed by atoms with Crippen LogP contribution in [0.15, 0.2) is 5.57 Å². The molecule has 33 valence electrons. The van der Waals surface area contributed by atoms with Crippen molar-refractivity contribution in [1.29, 1.82) is 0 Å². The highest BCUT2D eigenvalue weighted by atomic mass is 14.2. The Morgan fingerprint density at radius 1 is 1.83 bits per heavy atom. The van der Waals surface area contributed by atoms with Crippen molar-refractivity contribution in [2.24, 2.45) is 5.92 Å². The van der Waals surface area contributed by atoms with Gasteiger partial charge < -0.3 is 0 Å². The van der Waals surface area contributed by atoms with Crippen LogP contribution in [0.25, 0.3) is 0 Å². The monoisotopic (exact) mass is 81.1 g/mol. The maximum atomic E-state index is 3.20. The molecule has 1 aliphatic rings. The molecule has 0 amide bonds. The first-order valence-electron chi connectivity index (χ1n) is 2.47. The molecule has 1 rings (SSSR count). The van der Waals surface area contributed by atoms with Gasteiger partial charge >= 0.3 is 0 Å². The summed E-state index contributed by atoms with van der Waals surface area (Å²) in [5.41, 5.74) is 1.51. The fourth-order valence-electron chi connectivity index (χ4n) is 0.645. The molecule has 1 radical (unpaired) electrons. The van der Waals surface area contributed by atoms with Crippen molar-refractivity contribution in [3.05, 3.63) is 11.6 Å². The van der Waals surface area contributed by atoms with Crippen LogP contribution in [0.3, 0.4) is 0 Å². The van der Waals surface area contributed by atoms with E-state index >= 15 is 0 Å². The van der Waals surface area contributed by atoms with Crippen molar-refractivity contribution in [3.63, 3.8) is 0 Å². The van der Waals surface area contributed by atoms with Gasteiger partial charge in [0.2, 0.25) is 0 Å². The molecule has 0 saturated heterocycles. The molecular formula is C6H9. The summed E-state index contributed by atoms with van der Waals surface area (Å²) in [5, 5.41) is 0. The van der Waals surface area contributed by atoms with E-state index < -0.39 is 0 Å². The highest BCUT2D eigenvalue weighted by Crippen LogP contribution is 2.28. The zero-order chi connectivity index (χ0) is 4.57. The van der Waals surface area contributed by atoms with Gasteiger partial charge in [0, 0.05) is 5.92 Å². The van der Waals surface area contributed by atoms with E-state index in [0.29, 0.717) is 0 Å². The minimum absolute atomic E-state index is 0.731. The lowest BCUT2D eigenvalue weighted by molar-refractivity contribution is 0.959. The fraction of sp³-hybridized carbons (Fsp3) is 0.667. The molecule has 0 nitrogen and oxygen atoms in total. The Morgan fingerprint density at radius 3 is 2.33 bits per heavy atom. The van der Waals surface area contributed by atoms with Gasteiger partial charge in [-0.3, -0.25) is 0 Å². The molecule has 0 aromatic rings. The second kappa shape index (κ2) is 1.11. The van der Waals surface area contributed by atoms with Crippen molar-refractivity contribution >= 4 is 0 Å². The third kappa shape index (κ3) is 0.469. The third-order valence-corrected chi connectivity index (χ3v) is 1.22. The molecular weight excluding hydrogens is 72.1 g/mol. The first-order valence-corrected chi connectivity index (χ1v) is 2.47. The van der Waals surface area contributed by atoms with Gasteiger partial charge in [-0.25, -0.2) is 0 Å². The molecule has 0 N–H and O–H groups in total. The molecule has 1 unspecified atom stereocenters. The Balaban J connectivity index is 2.23. The third-order valence-electron chi connectivity index (χ3n) is 1.22. The van der Waals surface area contributed by atoms with E-state index in [0.717, 1.165) is 5.92 Å². The van der Waals surface area contributed by atoms with Crippen LogP contribution in [-0.2, 0) is 0 Å². The first-order chi connectivity index (χ1) is 2.84. The zero-order valence-electron chi connectivity index (χ0n) is 4.28. The van der Waals surface area contributed by atoms with Crippen LogP contribution in [0.1, 0.15) is 20.3 Å². The Labute approximate surface area is 38.9 Å². The Bertz CT molecular complexity index is 80.0. The average molecular weight is 81.1 g/mol. The van der Waals surface area contributed by atoms with Crippen molar-refractivity contribution in [2.75, 3.05) is 0 Å². The van der Waals surface area contributed by atoms with Gasteiger partial charge in [0.05, 0.1) is 0 Å². The van der Waals surface area contributed by atoms with Gasteiger partial charge in [-0.2, -0.15) is 0 Å². The molecule has 6 heavy (non-hydrogen) atoms. The standard InChI is InChI=1S/C6H9/c1-3-6-4-5(6)2/h5H,3H2,1-2H3. The number of allylic oxidation sites excluding steroid dienone is 2. The molecule has 0 aromatic carbocycles. The van der Waals surface area contributed by atoms with Gasteiger partial charge in [-0.1, -0.05) is 19.4 Å². The van der Waals surface area contributed by atoms with Gasteiger partial charge in [0.25, 0.3) is 0 Å². The summed E-state index contributed by atoms with van der Waals surface area (Å²) < 4.78 is 0. The van der Waals surface area contributed by atoms with Crippen molar-refractivity contribution in [3.8, 4) is 0 Å². The van der Waals surface area contributed by atoms with Gasteiger partial charge in [0.15, 0.2) is 0 Å². The second-order valence-corrected chi connectivity index (χ2v) is 1.74. The predicted octanol–water partition coefficient (Wildman–Crippen LogP) is 1.78. The summed E-state index contributed by atoms with van der Waals surface area (Å²) in [5.74, 6) is 0.731. The molecule has 0 heteroatoms. The van der Waals surface area contributed by atoms with E-state index in [4.69, 9.17) is 0 Å². The van der Waals surface area contributed by atoms with E-state index in [9.17, 15) is 0 Å². The fourth-order valence-corrected chi connectivity index (χ4v) is 0.645. The number of hydrogen-bond acceptors (Lipinski definition) is 0. The zero-order valence-corrected chi connectivity index (χ0v) is 4.28. The van der Waals surface area contributed by atoms with Gasteiger partial charge in [0.1, 0.15) is 0 Å². The minimum Gasteiger partial charge on any atom is -0.0616 e. The van der Waals surface area contributed by atoms with Crippen LogP contribution in [-0.4, -0.2) is 0 Å². The summed E-state index contributed by atoms with van der Waals surface area (Å²) in [6.07, 6.45) is 4.41. The number of rotatable bonds is 1. The smallest absolute Gasteiger partial charge is 0.00285 e. The Kier molecular flexibility index (Phi) is 0.722. The molecule has 0 bridgehead atoms. The minimum atomic E-state index is 0.731. The lowest BCUT2D eigenvalue weighted by Gasteiger charge is -1.77.